The van der Waals surface area contributed by atoms with E-state index in [1.54, 1.807) is 18.2 Å². The van der Waals surface area contributed by atoms with E-state index in [9.17, 15) is 18.0 Å². The Bertz CT molecular complexity index is 1380. The molecule has 0 bridgehead atoms. The van der Waals surface area contributed by atoms with Gasteiger partial charge in [-0.15, -0.1) is 0 Å². The van der Waals surface area contributed by atoms with Crippen LogP contribution in [-0.2, 0) is 16.4 Å². The SMILES string of the molecule is O=C(NCCNC(=O)c1c(Cl)ccc(NS(=O)(=O)c2ccccc2)c1Cl)N[C@@H]1CCc2ccccc21. The molecule has 188 valence electrons. The molecule has 3 amide bonds. The molecule has 0 unspecified atom stereocenters. The highest BCUT2D eigenvalue weighted by Crippen LogP contribution is 2.33. The first-order valence-electron chi connectivity index (χ1n) is 11.2. The molecule has 0 aliphatic heterocycles. The molecule has 0 fully saturated rings. The average Bonchev–Trinajstić information content (AvgIpc) is 3.27. The molecule has 0 radical (unpaired) electrons. The van der Waals surface area contributed by atoms with Crippen molar-refractivity contribution in [2.24, 2.45) is 0 Å². The molecule has 0 spiro atoms. The van der Waals surface area contributed by atoms with Crippen LogP contribution in [0.1, 0.15) is 33.9 Å². The van der Waals surface area contributed by atoms with Gasteiger partial charge in [0.1, 0.15) is 0 Å². The number of halogens is 2. The van der Waals surface area contributed by atoms with Gasteiger partial charge in [0, 0.05) is 13.1 Å². The molecule has 3 aromatic rings. The van der Waals surface area contributed by atoms with Crippen LogP contribution in [0.15, 0.2) is 71.6 Å². The summed E-state index contributed by atoms with van der Waals surface area (Å²) in [6.07, 6.45) is 1.75. The number of urea groups is 1. The summed E-state index contributed by atoms with van der Waals surface area (Å²) < 4.78 is 27.7. The molecule has 4 rings (SSSR count). The zero-order chi connectivity index (χ0) is 25.7. The number of hydrogen-bond acceptors (Lipinski definition) is 4. The van der Waals surface area contributed by atoms with Gasteiger partial charge in [-0.25, -0.2) is 13.2 Å². The number of nitrogens with one attached hydrogen (secondary N) is 4. The van der Waals surface area contributed by atoms with Crippen molar-refractivity contribution in [1.29, 1.82) is 0 Å². The molecule has 4 N–H and O–H groups in total. The summed E-state index contributed by atoms with van der Waals surface area (Å²) >= 11 is 12.5. The van der Waals surface area contributed by atoms with Crippen molar-refractivity contribution < 1.29 is 18.0 Å². The van der Waals surface area contributed by atoms with E-state index in [1.807, 2.05) is 18.2 Å². The lowest BCUT2D eigenvalue weighted by atomic mass is 10.1. The summed E-state index contributed by atoms with van der Waals surface area (Å²) in [5.41, 5.74) is 2.30. The first-order valence-corrected chi connectivity index (χ1v) is 13.5. The third-order valence-corrected chi connectivity index (χ3v) is 7.84. The van der Waals surface area contributed by atoms with E-state index >= 15 is 0 Å². The van der Waals surface area contributed by atoms with E-state index in [-0.39, 0.29) is 51.4 Å². The van der Waals surface area contributed by atoms with Gasteiger partial charge in [0.15, 0.2) is 0 Å². The second-order valence-corrected chi connectivity index (χ2v) is 10.6. The number of fused-ring (bicyclic) bond motifs is 1. The van der Waals surface area contributed by atoms with Crippen molar-refractivity contribution in [3.63, 3.8) is 0 Å². The van der Waals surface area contributed by atoms with Gasteiger partial charge in [-0.1, -0.05) is 65.7 Å². The summed E-state index contributed by atoms with van der Waals surface area (Å²) in [6, 6.07) is 18.2. The van der Waals surface area contributed by atoms with Crippen molar-refractivity contribution in [2.45, 2.75) is 23.8 Å². The predicted molar refractivity (Wildman–Crippen MR) is 140 cm³/mol. The fourth-order valence-corrected chi connectivity index (χ4v) is 5.74. The van der Waals surface area contributed by atoms with E-state index in [4.69, 9.17) is 23.2 Å². The van der Waals surface area contributed by atoms with Crippen LogP contribution in [0.25, 0.3) is 0 Å². The number of sulfonamides is 1. The van der Waals surface area contributed by atoms with Crippen LogP contribution in [0, 0.1) is 0 Å². The zero-order valence-electron chi connectivity index (χ0n) is 19.1. The second-order valence-electron chi connectivity index (χ2n) is 8.15. The Balaban J connectivity index is 1.32. The van der Waals surface area contributed by atoms with Crippen LogP contribution >= 0.6 is 23.2 Å². The molecule has 11 heteroatoms. The number of carbonyl (C=O) groups excluding carboxylic acids is 2. The maximum absolute atomic E-state index is 12.7. The van der Waals surface area contributed by atoms with Crippen LogP contribution in [-0.4, -0.2) is 33.4 Å². The number of benzene rings is 3. The van der Waals surface area contributed by atoms with Crippen LogP contribution in [0.5, 0.6) is 0 Å². The van der Waals surface area contributed by atoms with Gasteiger partial charge >= 0.3 is 6.03 Å². The Morgan fingerprint density at radius 1 is 0.889 bits per heavy atom. The third-order valence-electron chi connectivity index (χ3n) is 5.75. The minimum absolute atomic E-state index is 0.0180. The van der Waals surface area contributed by atoms with E-state index < -0.39 is 15.9 Å². The Labute approximate surface area is 219 Å². The van der Waals surface area contributed by atoms with Gasteiger partial charge < -0.3 is 16.0 Å². The standard InChI is InChI=1S/C25H24Cl2N4O4S/c26-19-11-13-21(31-36(34,35)17-7-2-1-3-8-17)23(27)22(19)24(32)28-14-15-29-25(33)30-20-12-10-16-6-4-5-9-18(16)20/h1-9,11,13,20,31H,10,12,14-15H2,(H,28,32)(H2,29,30,33)/t20-/m1/s1. The van der Waals surface area contributed by atoms with Crippen molar-refractivity contribution >= 4 is 50.9 Å². The van der Waals surface area contributed by atoms with Crippen LogP contribution in [0.4, 0.5) is 10.5 Å². The molecular formula is C25H24Cl2N4O4S. The highest BCUT2D eigenvalue weighted by atomic mass is 35.5. The molecule has 1 aliphatic rings. The minimum atomic E-state index is -3.91. The van der Waals surface area contributed by atoms with Crippen LogP contribution < -0.4 is 20.7 Å². The molecule has 0 aromatic heterocycles. The van der Waals surface area contributed by atoms with E-state index in [0.717, 1.165) is 18.4 Å². The monoisotopic (exact) mass is 546 g/mol. The summed E-state index contributed by atoms with van der Waals surface area (Å²) in [4.78, 5) is 25.1. The fraction of sp³-hybridized carbons (Fsp3) is 0.200. The Morgan fingerprint density at radius 3 is 2.36 bits per heavy atom. The zero-order valence-corrected chi connectivity index (χ0v) is 21.4. The maximum atomic E-state index is 12.7. The topological polar surface area (TPSA) is 116 Å². The fourth-order valence-electron chi connectivity index (χ4n) is 4.00. The molecule has 1 aliphatic carbocycles. The Morgan fingerprint density at radius 2 is 1.58 bits per heavy atom. The largest absolute Gasteiger partial charge is 0.350 e. The molecule has 0 heterocycles. The first-order chi connectivity index (χ1) is 17.3. The summed E-state index contributed by atoms with van der Waals surface area (Å²) in [7, 11) is -3.91. The highest BCUT2D eigenvalue weighted by Gasteiger charge is 2.24. The van der Waals surface area contributed by atoms with Crippen molar-refractivity contribution in [3.05, 3.63) is 93.5 Å². The van der Waals surface area contributed by atoms with Crippen molar-refractivity contribution in [1.82, 2.24) is 16.0 Å². The predicted octanol–water partition coefficient (Wildman–Crippen LogP) is 4.51. The van der Waals surface area contributed by atoms with Gasteiger partial charge in [-0.05, 0) is 48.2 Å². The summed E-state index contributed by atoms with van der Waals surface area (Å²) in [6.45, 7) is 0.279. The van der Waals surface area contributed by atoms with E-state index in [1.165, 1.54) is 29.8 Å². The van der Waals surface area contributed by atoms with E-state index in [0.29, 0.717) is 0 Å². The lowest BCUT2D eigenvalue weighted by Gasteiger charge is -2.16. The Hall–Kier alpha value is -3.27. The van der Waals surface area contributed by atoms with Gasteiger partial charge in [0.2, 0.25) is 0 Å². The Kier molecular flexibility index (Phi) is 8.03. The summed E-state index contributed by atoms with van der Waals surface area (Å²) in [5.74, 6) is -0.599. The highest BCUT2D eigenvalue weighted by molar-refractivity contribution is 7.92. The number of aryl methyl sites for hydroxylation is 1. The van der Waals surface area contributed by atoms with Crippen molar-refractivity contribution in [2.75, 3.05) is 17.8 Å². The third kappa shape index (κ3) is 5.92. The smallest absolute Gasteiger partial charge is 0.315 e. The number of hydrogen-bond donors (Lipinski definition) is 4. The lowest BCUT2D eigenvalue weighted by molar-refractivity contribution is 0.0954. The number of anilines is 1. The molecule has 1 atom stereocenters. The molecular weight excluding hydrogens is 523 g/mol. The van der Waals surface area contributed by atoms with Gasteiger partial charge in [-0.2, -0.15) is 0 Å². The van der Waals surface area contributed by atoms with Gasteiger partial charge in [-0.3, -0.25) is 9.52 Å². The molecule has 36 heavy (non-hydrogen) atoms. The van der Waals surface area contributed by atoms with Crippen LogP contribution in [0.3, 0.4) is 0 Å². The minimum Gasteiger partial charge on any atom is -0.350 e. The second kappa shape index (κ2) is 11.2. The normalized spacial score (nSPS) is 14.6. The van der Waals surface area contributed by atoms with Gasteiger partial charge in [0.25, 0.3) is 15.9 Å². The molecule has 3 aromatic carbocycles. The molecule has 0 saturated heterocycles. The quantitative estimate of drug-likeness (QED) is 0.311. The van der Waals surface area contributed by atoms with Gasteiger partial charge in [0.05, 0.1) is 32.2 Å². The summed E-state index contributed by atoms with van der Waals surface area (Å²) in [5, 5.41) is 8.23. The number of amides is 3. The van der Waals surface area contributed by atoms with Crippen molar-refractivity contribution in [3.8, 4) is 0 Å². The molecule has 0 saturated carbocycles. The number of rotatable bonds is 8. The number of carbonyl (C=O) groups is 2. The first kappa shape index (κ1) is 25.8. The molecule has 8 nitrogen and oxygen atoms in total. The lowest BCUT2D eigenvalue weighted by Crippen LogP contribution is -2.41. The average molecular weight is 547 g/mol. The van der Waals surface area contributed by atoms with E-state index in [2.05, 4.69) is 26.7 Å². The maximum Gasteiger partial charge on any atom is 0.315 e. The van der Waals surface area contributed by atoms with Crippen LogP contribution in [0.2, 0.25) is 10.0 Å².